The summed E-state index contributed by atoms with van der Waals surface area (Å²) in [5.74, 6) is -0.0433. The van der Waals surface area contributed by atoms with Gasteiger partial charge in [0, 0.05) is 30.9 Å². The van der Waals surface area contributed by atoms with E-state index in [-0.39, 0.29) is 11.7 Å². The summed E-state index contributed by atoms with van der Waals surface area (Å²) in [4.78, 5) is 15.2. The number of amides is 1. The zero-order valence-electron chi connectivity index (χ0n) is 16.0. The molecule has 3 rings (SSSR count). The van der Waals surface area contributed by atoms with E-state index in [2.05, 4.69) is 10.00 Å². The topological polar surface area (TPSA) is 38.1 Å². The second kappa shape index (κ2) is 8.02. The zero-order valence-corrected chi connectivity index (χ0v) is 16.0. The van der Waals surface area contributed by atoms with Crippen LogP contribution in [0.4, 0.5) is 4.39 Å². The molecule has 1 aliphatic rings. The maximum absolute atomic E-state index is 13.1. The molecule has 1 fully saturated rings. The summed E-state index contributed by atoms with van der Waals surface area (Å²) in [5, 5.41) is 4.43. The summed E-state index contributed by atoms with van der Waals surface area (Å²) >= 11 is 0. The van der Waals surface area contributed by atoms with Crippen molar-refractivity contribution in [2.75, 3.05) is 6.54 Å². The van der Waals surface area contributed by atoms with Gasteiger partial charge in [0.2, 0.25) is 5.91 Å². The van der Waals surface area contributed by atoms with E-state index >= 15 is 0 Å². The number of nitrogens with zero attached hydrogens (tertiary/aromatic N) is 3. The van der Waals surface area contributed by atoms with Crippen LogP contribution in [-0.4, -0.2) is 33.2 Å². The molecule has 0 aliphatic heterocycles. The third-order valence-electron chi connectivity index (χ3n) is 5.63. The Balaban J connectivity index is 1.72. The monoisotopic (exact) mass is 357 g/mol. The standard InChI is InChI=1S/C21H28FN3O/c1-15-20(16(2)24(3)23-15)14-21(26)25(19-6-4-5-7-19)13-12-17-8-10-18(22)11-9-17/h8-11,19H,4-7,12-14H2,1-3H3. The zero-order chi connectivity index (χ0) is 18.7. The molecule has 1 heterocycles. The van der Waals surface area contributed by atoms with Gasteiger partial charge in [-0.1, -0.05) is 25.0 Å². The van der Waals surface area contributed by atoms with Crippen LogP contribution in [0.15, 0.2) is 24.3 Å². The minimum Gasteiger partial charge on any atom is -0.339 e. The van der Waals surface area contributed by atoms with Crippen molar-refractivity contribution in [3.05, 3.63) is 52.6 Å². The maximum atomic E-state index is 13.1. The highest BCUT2D eigenvalue weighted by atomic mass is 19.1. The molecule has 1 aromatic heterocycles. The molecule has 0 N–H and O–H groups in total. The van der Waals surface area contributed by atoms with E-state index in [0.29, 0.717) is 19.0 Å². The molecule has 0 atom stereocenters. The lowest BCUT2D eigenvalue weighted by atomic mass is 10.1. The first-order valence-electron chi connectivity index (χ1n) is 9.48. The van der Waals surface area contributed by atoms with Gasteiger partial charge >= 0.3 is 0 Å². The van der Waals surface area contributed by atoms with E-state index in [1.54, 1.807) is 0 Å². The van der Waals surface area contributed by atoms with Gasteiger partial charge in [-0.2, -0.15) is 5.10 Å². The highest BCUT2D eigenvalue weighted by Gasteiger charge is 2.27. The molecule has 5 heteroatoms. The molecule has 0 spiro atoms. The average molecular weight is 357 g/mol. The summed E-state index contributed by atoms with van der Waals surface area (Å²) in [5.41, 5.74) is 4.10. The predicted octanol–water partition coefficient (Wildman–Crippen LogP) is 3.73. The fourth-order valence-electron chi connectivity index (χ4n) is 3.95. The van der Waals surface area contributed by atoms with Gasteiger partial charge in [0.1, 0.15) is 5.82 Å². The summed E-state index contributed by atoms with van der Waals surface area (Å²) in [6.45, 7) is 4.67. The molecule has 1 saturated carbocycles. The second-order valence-corrected chi connectivity index (χ2v) is 7.35. The molecule has 0 unspecified atom stereocenters. The van der Waals surface area contributed by atoms with Gasteiger partial charge in [0.15, 0.2) is 0 Å². The molecule has 1 aliphatic carbocycles. The number of carbonyl (C=O) groups excluding carboxylic acids is 1. The van der Waals surface area contributed by atoms with Gasteiger partial charge in [-0.3, -0.25) is 9.48 Å². The molecule has 1 amide bonds. The minimum absolute atomic E-state index is 0.179. The molecule has 140 valence electrons. The lowest BCUT2D eigenvalue weighted by molar-refractivity contribution is -0.132. The third-order valence-corrected chi connectivity index (χ3v) is 5.63. The summed E-state index contributed by atoms with van der Waals surface area (Å²) < 4.78 is 15.0. The number of aromatic nitrogens is 2. The van der Waals surface area contributed by atoms with E-state index < -0.39 is 0 Å². The number of benzene rings is 1. The van der Waals surface area contributed by atoms with Crippen LogP contribution in [0.5, 0.6) is 0 Å². The van der Waals surface area contributed by atoms with Crippen LogP contribution in [0.1, 0.15) is 48.2 Å². The normalized spacial score (nSPS) is 14.8. The molecule has 4 nitrogen and oxygen atoms in total. The molecule has 1 aromatic carbocycles. The second-order valence-electron chi connectivity index (χ2n) is 7.35. The van der Waals surface area contributed by atoms with Crippen molar-refractivity contribution in [2.45, 2.75) is 58.4 Å². The minimum atomic E-state index is -0.222. The van der Waals surface area contributed by atoms with Gasteiger partial charge in [0.25, 0.3) is 0 Å². The van der Waals surface area contributed by atoms with Crippen LogP contribution in [0.25, 0.3) is 0 Å². The fourth-order valence-corrected chi connectivity index (χ4v) is 3.95. The maximum Gasteiger partial charge on any atom is 0.227 e. The van der Waals surface area contributed by atoms with Crippen molar-refractivity contribution in [3.8, 4) is 0 Å². The Kier molecular flexibility index (Phi) is 5.74. The summed E-state index contributed by atoms with van der Waals surface area (Å²) in [7, 11) is 1.92. The highest BCUT2D eigenvalue weighted by Crippen LogP contribution is 2.25. The SMILES string of the molecule is Cc1nn(C)c(C)c1CC(=O)N(CCc1ccc(F)cc1)C1CCCC1. The first-order chi connectivity index (χ1) is 12.5. The van der Waals surface area contributed by atoms with Crippen LogP contribution in [-0.2, 0) is 24.7 Å². The number of rotatable bonds is 6. The van der Waals surface area contributed by atoms with E-state index in [1.165, 1.54) is 25.0 Å². The number of halogens is 1. The van der Waals surface area contributed by atoms with Crippen molar-refractivity contribution in [3.63, 3.8) is 0 Å². The molecule has 26 heavy (non-hydrogen) atoms. The van der Waals surface area contributed by atoms with Crippen molar-refractivity contribution >= 4 is 5.91 Å². The van der Waals surface area contributed by atoms with Crippen LogP contribution in [0.3, 0.4) is 0 Å². The van der Waals surface area contributed by atoms with Crippen molar-refractivity contribution in [1.29, 1.82) is 0 Å². The van der Waals surface area contributed by atoms with E-state index in [9.17, 15) is 9.18 Å². The highest BCUT2D eigenvalue weighted by molar-refractivity contribution is 5.79. The van der Waals surface area contributed by atoms with Crippen LogP contribution in [0, 0.1) is 19.7 Å². The first-order valence-corrected chi connectivity index (χ1v) is 9.48. The average Bonchev–Trinajstić information content (AvgIpc) is 3.22. The first kappa shape index (κ1) is 18.6. The Hall–Kier alpha value is -2.17. The van der Waals surface area contributed by atoms with Gasteiger partial charge in [-0.05, 0) is 50.8 Å². The predicted molar refractivity (Wildman–Crippen MR) is 100 cm³/mol. The molecular formula is C21H28FN3O. The third kappa shape index (κ3) is 4.14. The Morgan fingerprint density at radius 1 is 1.23 bits per heavy atom. The number of carbonyl (C=O) groups is 1. The Labute approximate surface area is 155 Å². The van der Waals surface area contributed by atoms with E-state index in [0.717, 1.165) is 41.8 Å². The van der Waals surface area contributed by atoms with Crippen molar-refractivity contribution < 1.29 is 9.18 Å². The Bertz CT molecular complexity index is 760. The van der Waals surface area contributed by atoms with Gasteiger partial charge in [0.05, 0.1) is 12.1 Å². The smallest absolute Gasteiger partial charge is 0.227 e. The molecule has 0 bridgehead atoms. The van der Waals surface area contributed by atoms with Gasteiger partial charge in [-0.25, -0.2) is 4.39 Å². The number of aryl methyl sites for hydroxylation is 2. The summed E-state index contributed by atoms with van der Waals surface area (Å²) in [6, 6.07) is 6.92. The Morgan fingerprint density at radius 2 is 1.88 bits per heavy atom. The van der Waals surface area contributed by atoms with Crippen molar-refractivity contribution in [2.24, 2.45) is 7.05 Å². The number of hydrogen-bond donors (Lipinski definition) is 0. The van der Waals surface area contributed by atoms with Crippen LogP contribution >= 0.6 is 0 Å². The summed E-state index contributed by atoms with van der Waals surface area (Å²) in [6.07, 6.45) is 5.71. The number of hydrogen-bond acceptors (Lipinski definition) is 2. The Morgan fingerprint density at radius 3 is 2.46 bits per heavy atom. The largest absolute Gasteiger partial charge is 0.339 e. The van der Waals surface area contributed by atoms with E-state index in [4.69, 9.17) is 0 Å². The van der Waals surface area contributed by atoms with Crippen LogP contribution < -0.4 is 0 Å². The molecule has 0 radical (unpaired) electrons. The van der Waals surface area contributed by atoms with Crippen LogP contribution in [0.2, 0.25) is 0 Å². The van der Waals surface area contributed by atoms with E-state index in [1.807, 2.05) is 37.7 Å². The lowest BCUT2D eigenvalue weighted by Gasteiger charge is -2.29. The molecular weight excluding hydrogens is 329 g/mol. The lowest BCUT2D eigenvalue weighted by Crippen LogP contribution is -2.41. The molecule has 0 saturated heterocycles. The van der Waals surface area contributed by atoms with Gasteiger partial charge in [-0.15, -0.1) is 0 Å². The van der Waals surface area contributed by atoms with Gasteiger partial charge < -0.3 is 4.90 Å². The van der Waals surface area contributed by atoms with Crippen molar-refractivity contribution in [1.82, 2.24) is 14.7 Å². The molecule has 2 aromatic rings. The fraction of sp³-hybridized carbons (Fsp3) is 0.524. The quantitative estimate of drug-likeness (QED) is 0.790.